The fourth-order valence-electron chi connectivity index (χ4n) is 4.18. The van der Waals surface area contributed by atoms with Gasteiger partial charge in [0, 0.05) is 23.7 Å². The zero-order valence-electron chi connectivity index (χ0n) is 17.6. The quantitative estimate of drug-likeness (QED) is 0.493. The Morgan fingerprint density at radius 2 is 2.03 bits per heavy atom. The van der Waals surface area contributed by atoms with Crippen molar-refractivity contribution in [2.75, 3.05) is 11.9 Å². The molecule has 2 heterocycles. The molecular weight excluding hydrogens is 362 g/mol. The fraction of sp³-hybridized carbons (Fsp3) is 0.333. The van der Waals surface area contributed by atoms with Gasteiger partial charge in [-0.15, -0.1) is 0 Å². The number of para-hydroxylation sites is 1. The number of amides is 1. The molecule has 1 aromatic heterocycles. The summed E-state index contributed by atoms with van der Waals surface area (Å²) >= 11 is 0. The Balaban J connectivity index is 1.54. The second kappa shape index (κ2) is 7.07. The van der Waals surface area contributed by atoms with E-state index in [0.29, 0.717) is 11.5 Å². The summed E-state index contributed by atoms with van der Waals surface area (Å²) in [6, 6.07) is 13.7. The van der Waals surface area contributed by atoms with Crippen LogP contribution in [-0.2, 0) is 0 Å². The van der Waals surface area contributed by atoms with E-state index in [0.717, 1.165) is 22.9 Å². The van der Waals surface area contributed by atoms with Crippen molar-refractivity contribution in [2.24, 2.45) is 5.10 Å². The van der Waals surface area contributed by atoms with Crippen LogP contribution in [0.2, 0.25) is 0 Å². The van der Waals surface area contributed by atoms with Gasteiger partial charge in [0.05, 0.1) is 6.21 Å². The van der Waals surface area contributed by atoms with E-state index in [4.69, 9.17) is 4.42 Å². The van der Waals surface area contributed by atoms with Gasteiger partial charge in [0.15, 0.2) is 5.76 Å². The maximum atomic E-state index is 12.4. The lowest BCUT2D eigenvalue weighted by Crippen LogP contribution is -2.45. The number of hydrazone groups is 1. The third kappa shape index (κ3) is 3.53. The molecule has 0 fully saturated rings. The molecule has 5 nitrogen and oxygen atoms in total. The average Bonchev–Trinajstić information content (AvgIpc) is 3.11. The lowest BCUT2D eigenvalue weighted by atomic mass is 9.79. The van der Waals surface area contributed by atoms with Crippen molar-refractivity contribution < 1.29 is 9.21 Å². The number of anilines is 1. The molecule has 1 aliphatic rings. The molecule has 2 aromatic carbocycles. The summed E-state index contributed by atoms with van der Waals surface area (Å²) in [6.45, 7) is 8.91. The molecule has 1 amide bonds. The largest absolute Gasteiger partial charge is 0.451 e. The molecule has 1 N–H and O–H groups in total. The predicted octanol–water partition coefficient (Wildman–Crippen LogP) is 5.23. The predicted molar refractivity (Wildman–Crippen MR) is 118 cm³/mol. The van der Waals surface area contributed by atoms with Crippen LogP contribution in [0.1, 0.15) is 60.4 Å². The summed E-state index contributed by atoms with van der Waals surface area (Å²) in [6.07, 6.45) is 2.81. The normalized spacial score (nSPS) is 18.2. The SMILES string of the molecule is Cc1cc2c(cc1/C=N/NC(=O)c1cc3ccccc3o1)[C@H](C)CC(C)(C)N2C. The van der Waals surface area contributed by atoms with Crippen LogP contribution in [0.3, 0.4) is 0 Å². The molecular formula is C24H27N3O2. The first-order chi connectivity index (χ1) is 13.8. The maximum absolute atomic E-state index is 12.4. The number of aryl methyl sites for hydroxylation is 1. The molecule has 29 heavy (non-hydrogen) atoms. The van der Waals surface area contributed by atoms with E-state index in [1.807, 2.05) is 24.3 Å². The van der Waals surface area contributed by atoms with Crippen LogP contribution < -0.4 is 10.3 Å². The van der Waals surface area contributed by atoms with Gasteiger partial charge in [-0.25, -0.2) is 5.43 Å². The number of fused-ring (bicyclic) bond motifs is 2. The highest BCUT2D eigenvalue weighted by Gasteiger charge is 2.34. The lowest BCUT2D eigenvalue weighted by molar-refractivity contribution is 0.0929. The number of hydrogen-bond donors (Lipinski definition) is 1. The van der Waals surface area contributed by atoms with Crippen LogP contribution in [-0.4, -0.2) is 24.7 Å². The molecule has 0 aliphatic carbocycles. The van der Waals surface area contributed by atoms with Crippen LogP contribution in [0.15, 0.2) is 52.0 Å². The third-order valence-electron chi connectivity index (χ3n) is 6.04. The number of furan rings is 1. The number of rotatable bonds is 3. The van der Waals surface area contributed by atoms with E-state index in [-0.39, 0.29) is 17.2 Å². The maximum Gasteiger partial charge on any atom is 0.307 e. The van der Waals surface area contributed by atoms with Gasteiger partial charge in [-0.1, -0.05) is 25.1 Å². The smallest absolute Gasteiger partial charge is 0.307 e. The van der Waals surface area contributed by atoms with Crippen LogP contribution in [0.4, 0.5) is 5.69 Å². The highest BCUT2D eigenvalue weighted by Crippen LogP contribution is 2.43. The molecule has 1 atom stereocenters. The van der Waals surface area contributed by atoms with Crippen LogP contribution in [0, 0.1) is 6.92 Å². The molecule has 0 saturated carbocycles. The van der Waals surface area contributed by atoms with Crippen molar-refractivity contribution in [2.45, 2.75) is 45.6 Å². The number of benzene rings is 2. The molecule has 4 rings (SSSR count). The van der Waals surface area contributed by atoms with Gasteiger partial charge in [-0.2, -0.15) is 5.10 Å². The van der Waals surface area contributed by atoms with Gasteiger partial charge >= 0.3 is 5.91 Å². The van der Waals surface area contributed by atoms with E-state index in [2.05, 4.69) is 62.3 Å². The van der Waals surface area contributed by atoms with Gasteiger partial charge in [0.1, 0.15) is 5.58 Å². The lowest BCUT2D eigenvalue weighted by Gasteiger charge is -2.45. The van der Waals surface area contributed by atoms with E-state index in [1.54, 1.807) is 12.3 Å². The summed E-state index contributed by atoms with van der Waals surface area (Å²) in [7, 11) is 2.16. The van der Waals surface area contributed by atoms with Gasteiger partial charge < -0.3 is 9.32 Å². The first-order valence-electron chi connectivity index (χ1n) is 9.96. The second-order valence-corrected chi connectivity index (χ2v) is 8.59. The fourth-order valence-corrected chi connectivity index (χ4v) is 4.18. The molecule has 0 radical (unpaired) electrons. The van der Waals surface area contributed by atoms with E-state index in [1.165, 1.54) is 11.3 Å². The Bertz CT molecular complexity index is 1080. The van der Waals surface area contributed by atoms with Crippen molar-refractivity contribution in [3.63, 3.8) is 0 Å². The minimum atomic E-state index is -0.358. The number of hydrogen-bond acceptors (Lipinski definition) is 4. The van der Waals surface area contributed by atoms with Gasteiger partial charge in [-0.05, 0) is 74.1 Å². The van der Waals surface area contributed by atoms with E-state index >= 15 is 0 Å². The third-order valence-corrected chi connectivity index (χ3v) is 6.04. The molecule has 5 heteroatoms. The average molecular weight is 389 g/mol. The van der Waals surface area contributed by atoms with E-state index < -0.39 is 0 Å². The molecule has 0 spiro atoms. The minimum absolute atomic E-state index is 0.134. The Kier molecular flexibility index (Phi) is 4.69. The monoisotopic (exact) mass is 389 g/mol. The Morgan fingerprint density at radius 1 is 1.28 bits per heavy atom. The minimum Gasteiger partial charge on any atom is -0.451 e. The van der Waals surface area contributed by atoms with Crippen molar-refractivity contribution in [3.05, 3.63) is 64.9 Å². The molecule has 0 saturated heterocycles. The number of nitrogens with zero attached hydrogens (tertiary/aromatic N) is 2. The first kappa shape index (κ1) is 19.2. The summed E-state index contributed by atoms with van der Waals surface area (Å²) in [4.78, 5) is 14.7. The summed E-state index contributed by atoms with van der Waals surface area (Å²) < 4.78 is 5.58. The highest BCUT2D eigenvalue weighted by molar-refractivity contribution is 5.96. The van der Waals surface area contributed by atoms with Gasteiger partial charge in [0.25, 0.3) is 0 Å². The number of carbonyl (C=O) groups excluding carboxylic acids is 1. The summed E-state index contributed by atoms with van der Waals surface area (Å²) in [5, 5.41) is 5.07. The van der Waals surface area contributed by atoms with E-state index in [9.17, 15) is 4.79 Å². The standard InChI is InChI=1S/C24H27N3O2/c1-15-10-20-19(16(2)13-24(3,4)27(20)5)11-18(15)14-25-26-23(28)22-12-17-8-6-7-9-21(17)29-22/h6-12,14,16H,13H2,1-5H3,(H,26,28)/b25-14+/t16-/m1/s1. The molecule has 0 unspecified atom stereocenters. The molecule has 3 aromatic rings. The first-order valence-corrected chi connectivity index (χ1v) is 9.96. The zero-order chi connectivity index (χ0) is 20.8. The number of nitrogens with one attached hydrogen (secondary N) is 1. The number of carbonyl (C=O) groups is 1. The van der Waals surface area contributed by atoms with Crippen LogP contribution in [0.25, 0.3) is 11.0 Å². The zero-order valence-corrected chi connectivity index (χ0v) is 17.6. The second-order valence-electron chi connectivity index (χ2n) is 8.59. The highest BCUT2D eigenvalue weighted by atomic mass is 16.3. The Morgan fingerprint density at radius 3 is 2.79 bits per heavy atom. The summed E-state index contributed by atoms with van der Waals surface area (Å²) in [5.74, 6) is 0.361. The molecule has 150 valence electrons. The van der Waals surface area contributed by atoms with Crippen molar-refractivity contribution in [1.29, 1.82) is 0 Å². The van der Waals surface area contributed by atoms with Crippen LogP contribution >= 0.6 is 0 Å². The van der Waals surface area contributed by atoms with Crippen LogP contribution in [0.5, 0.6) is 0 Å². The topological polar surface area (TPSA) is 57.8 Å². The summed E-state index contributed by atoms with van der Waals surface area (Å²) in [5.41, 5.74) is 8.13. The Labute approximate surface area is 171 Å². The molecule has 1 aliphatic heterocycles. The van der Waals surface area contributed by atoms with Crippen molar-refractivity contribution in [1.82, 2.24) is 5.43 Å². The van der Waals surface area contributed by atoms with Crippen molar-refractivity contribution >= 4 is 28.8 Å². The van der Waals surface area contributed by atoms with Gasteiger partial charge in [-0.3, -0.25) is 4.79 Å². The Hall–Kier alpha value is -3.08. The van der Waals surface area contributed by atoms with Crippen molar-refractivity contribution in [3.8, 4) is 0 Å². The van der Waals surface area contributed by atoms with Gasteiger partial charge in [0.2, 0.25) is 0 Å². The molecule has 0 bridgehead atoms.